The average molecular weight is 560 g/mol. The van der Waals surface area contributed by atoms with Crippen LogP contribution >= 0.6 is 12.0 Å². The van der Waals surface area contributed by atoms with E-state index in [-0.39, 0.29) is 46.8 Å². The van der Waals surface area contributed by atoms with Gasteiger partial charge in [-0.15, -0.1) is 5.10 Å². The number of amidine groups is 1. The standard InChI is InChI=1S/C23H22FN7O7S/c1-36-12-7-14(16(24)15(8-12)37-5-4-32)17(27-11-2-3-13-10(6-11)9-26-19(13)25)20-28-23(35)31(29-20)21-18(22(33)34)39-38-30-21/h2-3,6-8,17,27,30,32H,4-5,9H2,1H3,(H2,25,26)(H,33,34)(H,28,29,35). The summed E-state index contributed by atoms with van der Waals surface area (Å²) < 4.78 is 32.2. The van der Waals surface area contributed by atoms with Crippen LogP contribution in [0.4, 0.5) is 10.1 Å². The largest absolute Gasteiger partial charge is 0.497 e. The SMILES string of the molecule is COc1cc(OCCO)c(F)c(C(Nc2ccc3c(c2)CN=C3N)c2nn(C3=C(C(=O)O)SON3)c(=O)[nH]2)c1. The van der Waals surface area contributed by atoms with Crippen molar-refractivity contribution in [3.63, 3.8) is 0 Å². The lowest BCUT2D eigenvalue weighted by molar-refractivity contribution is -0.131. The Morgan fingerprint density at radius 2 is 2.21 bits per heavy atom. The summed E-state index contributed by atoms with van der Waals surface area (Å²) in [5, 5.41) is 26.0. The molecule has 14 nitrogen and oxygen atoms in total. The molecule has 7 N–H and O–H groups in total. The van der Waals surface area contributed by atoms with E-state index in [9.17, 15) is 14.7 Å². The van der Waals surface area contributed by atoms with E-state index >= 15 is 4.39 Å². The molecule has 204 valence electrons. The molecular formula is C23H22FN7O7S. The molecular weight excluding hydrogens is 537 g/mol. The molecule has 1 aromatic heterocycles. The molecule has 3 aromatic rings. The summed E-state index contributed by atoms with van der Waals surface area (Å²) in [5.41, 5.74) is 9.58. The minimum Gasteiger partial charge on any atom is -0.497 e. The topological polar surface area (TPSA) is 198 Å². The number of aliphatic hydroxyl groups is 1. The normalized spacial score (nSPS) is 15.0. The summed E-state index contributed by atoms with van der Waals surface area (Å²) in [7, 11) is 1.39. The molecule has 39 heavy (non-hydrogen) atoms. The highest BCUT2D eigenvalue weighted by Crippen LogP contribution is 2.36. The minimum atomic E-state index is -1.34. The lowest BCUT2D eigenvalue weighted by atomic mass is 10.0. The number of ether oxygens (including phenoxy) is 2. The first-order valence-electron chi connectivity index (χ1n) is 11.4. The van der Waals surface area contributed by atoms with E-state index < -0.39 is 23.5 Å². The summed E-state index contributed by atoms with van der Waals surface area (Å²) >= 11 is 0.512. The summed E-state index contributed by atoms with van der Waals surface area (Å²) in [6.07, 6.45) is 0. The third-order valence-electron chi connectivity index (χ3n) is 5.84. The van der Waals surface area contributed by atoms with Crippen molar-refractivity contribution in [1.82, 2.24) is 20.2 Å². The van der Waals surface area contributed by atoms with Crippen molar-refractivity contribution in [3.05, 3.63) is 74.1 Å². The van der Waals surface area contributed by atoms with Crippen LogP contribution in [0.2, 0.25) is 0 Å². The van der Waals surface area contributed by atoms with Crippen LogP contribution in [0.1, 0.15) is 28.6 Å². The van der Waals surface area contributed by atoms with Gasteiger partial charge in [0, 0.05) is 22.9 Å². The molecule has 0 radical (unpaired) electrons. The molecule has 0 saturated heterocycles. The number of benzene rings is 2. The molecule has 0 fully saturated rings. The molecule has 0 aliphatic carbocycles. The van der Waals surface area contributed by atoms with Crippen molar-refractivity contribution in [2.45, 2.75) is 12.6 Å². The summed E-state index contributed by atoms with van der Waals surface area (Å²) in [5.74, 6) is -1.97. The predicted octanol–water partition coefficient (Wildman–Crippen LogP) is 0.904. The molecule has 2 aliphatic rings. The van der Waals surface area contributed by atoms with E-state index in [1.807, 2.05) is 0 Å². The number of nitrogens with zero attached hydrogens (tertiary/aromatic N) is 3. The zero-order valence-electron chi connectivity index (χ0n) is 20.2. The Kier molecular flexibility index (Phi) is 7.14. The van der Waals surface area contributed by atoms with Gasteiger partial charge in [0.05, 0.1) is 32.3 Å². The first-order valence-corrected chi connectivity index (χ1v) is 12.1. The van der Waals surface area contributed by atoms with Crippen LogP contribution in [0.25, 0.3) is 5.82 Å². The van der Waals surface area contributed by atoms with Crippen molar-refractivity contribution >= 4 is 35.4 Å². The number of hydrogen-bond donors (Lipinski definition) is 6. The Hall–Kier alpha value is -4.54. The highest BCUT2D eigenvalue weighted by Gasteiger charge is 2.31. The van der Waals surface area contributed by atoms with Gasteiger partial charge in [0.2, 0.25) is 0 Å². The molecule has 2 aromatic carbocycles. The molecule has 1 unspecified atom stereocenters. The number of aliphatic carboxylic acids is 1. The highest BCUT2D eigenvalue weighted by molar-refractivity contribution is 7.99. The van der Waals surface area contributed by atoms with Crippen molar-refractivity contribution in [2.24, 2.45) is 10.7 Å². The Morgan fingerprint density at radius 1 is 1.38 bits per heavy atom. The van der Waals surface area contributed by atoms with Gasteiger partial charge < -0.3 is 30.7 Å². The highest BCUT2D eigenvalue weighted by atomic mass is 32.2. The number of aromatic amines is 1. The third-order valence-corrected chi connectivity index (χ3v) is 6.54. The second kappa shape index (κ2) is 10.7. The second-order valence-corrected chi connectivity index (χ2v) is 8.97. The number of hydroxylamine groups is 1. The number of carboxylic acid groups (broad SMARTS) is 1. The van der Waals surface area contributed by atoms with E-state index in [2.05, 4.69) is 25.9 Å². The maximum absolute atomic E-state index is 15.8. The van der Waals surface area contributed by atoms with Crippen molar-refractivity contribution < 1.29 is 33.2 Å². The fraction of sp³-hybridized carbons (Fsp3) is 0.217. The van der Waals surface area contributed by atoms with Crippen LogP contribution in [0.15, 0.2) is 45.0 Å². The Morgan fingerprint density at radius 3 is 2.95 bits per heavy atom. The number of aliphatic hydroxyl groups excluding tert-OH is 1. The lowest BCUT2D eigenvalue weighted by Gasteiger charge is -2.21. The zero-order valence-corrected chi connectivity index (χ0v) is 21.0. The fourth-order valence-electron chi connectivity index (χ4n) is 4.05. The number of hydrogen-bond acceptors (Lipinski definition) is 12. The van der Waals surface area contributed by atoms with E-state index in [0.717, 1.165) is 15.8 Å². The number of aromatic nitrogens is 3. The molecule has 1 atom stereocenters. The molecule has 16 heteroatoms. The average Bonchev–Trinajstić information content (AvgIpc) is 3.65. The van der Waals surface area contributed by atoms with Gasteiger partial charge in [0.25, 0.3) is 0 Å². The Labute approximate surface area is 223 Å². The number of nitrogens with two attached hydrogens (primary N) is 1. The third kappa shape index (κ3) is 4.99. The van der Waals surface area contributed by atoms with Crippen molar-refractivity contribution in [1.29, 1.82) is 0 Å². The second-order valence-electron chi connectivity index (χ2n) is 8.23. The maximum atomic E-state index is 15.8. The first kappa shape index (κ1) is 26.1. The Bertz CT molecular complexity index is 1570. The predicted molar refractivity (Wildman–Crippen MR) is 137 cm³/mol. The first-order chi connectivity index (χ1) is 18.8. The summed E-state index contributed by atoms with van der Waals surface area (Å²) in [4.78, 5) is 30.9. The number of rotatable bonds is 10. The molecule has 2 aliphatic heterocycles. The number of fused-ring (bicyclic) bond motifs is 1. The monoisotopic (exact) mass is 559 g/mol. The maximum Gasteiger partial charge on any atom is 0.349 e. The van der Waals surface area contributed by atoms with Gasteiger partial charge >= 0.3 is 11.7 Å². The molecule has 3 heterocycles. The van der Waals surface area contributed by atoms with Gasteiger partial charge in [-0.25, -0.2) is 19.5 Å². The quantitative estimate of drug-likeness (QED) is 0.192. The zero-order chi connectivity index (χ0) is 27.7. The number of carbonyl (C=O) groups is 1. The smallest absolute Gasteiger partial charge is 0.349 e. The number of carboxylic acids is 1. The van der Waals surface area contributed by atoms with Gasteiger partial charge in [-0.3, -0.25) is 9.98 Å². The van der Waals surface area contributed by atoms with E-state index in [0.29, 0.717) is 30.1 Å². The number of anilines is 1. The number of aliphatic imine (C=N–C) groups is 1. The van der Waals surface area contributed by atoms with Gasteiger partial charge in [-0.05, 0) is 29.8 Å². The van der Waals surface area contributed by atoms with Crippen molar-refractivity contribution in [2.75, 3.05) is 25.6 Å². The minimum absolute atomic E-state index is 0.0168. The number of halogens is 1. The van der Waals surface area contributed by atoms with Gasteiger partial charge in [0.15, 0.2) is 28.1 Å². The summed E-state index contributed by atoms with van der Waals surface area (Å²) in [6, 6.07) is 6.86. The van der Waals surface area contributed by atoms with Gasteiger partial charge in [0.1, 0.15) is 24.2 Å². The lowest BCUT2D eigenvalue weighted by Crippen LogP contribution is -2.24. The van der Waals surface area contributed by atoms with Crippen LogP contribution < -0.4 is 31.7 Å². The van der Waals surface area contributed by atoms with E-state index in [1.54, 1.807) is 18.2 Å². The molecule has 0 bridgehead atoms. The van der Waals surface area contributed by atoms with Crippen LogP contribution in [0.5, 0.6) is 11.5 Å². The van der Waals surface area contributed by atoms with Crippen LogP contribution in [-0.4, -0.2) is 57.1 Å². The molecule has 0 saturated carbocycles. The summed E-state index contributed by atoms with van der Waals surface area (Å²) in [6.45, 7) is -0.149. The van der Waals surface area contributed by atoms with Crippen LogP contribution in [-0.2, 0) is 15.6 Å². The van der Waals surface area contributed by atoms with Crippen LogP contribution in [0.3, 0.4) is 0 Å². The van der Waals surface area contributed by atoms with Crippen LogP contribution in [0, 0.1) is 5.82 Å². The van der Waals surface area contributed by atoms with Crippen molar-refractivity contribution in [3.8, 4) is 11.5 Å². The number of nitrogens with one attached hydrogen (secondary N) is 3. The van der Waals surface area contributed by atoms with Gasteiger partial charge in [-0.1, -0.05) is 0 Å². The fourth-order valence-corrected chi connectivity index (χ4v) is 4.53. The molecule has 5 rings (SSSR count). The number of H-pyrrole nitrogens is 1. The number of methoxy groups -OCH3 is 1. The molecule has 0 amide bonds. The molecule has 0 spiro atoms. The van der Waals surface area contributed by atoms with Gasteiger partial charge in [-0.2, -0.15) is 8.97 Å². The Balaban J connectivity index is 1.63. The van der Waals surface area contributed by atoms with E-state index in [1.165, 1.54) is 19.2 Å². The van der Waals surface area contributed by atoms with E-state index in [4.69, 9.17) is 24.6 Å².